The molecule has 0 atom stereocenters. The van der Waals surface area contributed by atoms with Gasteiger partial charge in [-0.05, 0) is 70.8 Å². The topological polar surface area (TPSA) is 30.2 Å². The lowest BCUT2D eigenvalue weighted by molar-refractivity contribution is 1.12. The normalized spacial score (nSPS) is 11.9. The van der Waals surface area contributed by atoms with Crippen molar-refractivity contribution in [1.82, 2.24) is 14.6 Å². The lowest BCUT2D eigenvalue weighted by Crippen LogP contribution is -1.94. The highest BCUT2D eigenvalue weighted by molar-refractivity contribution is 7.26. The Balaban J connectivity index is 1.31. The van der Waals surface area contributed by atoms with Crippen LogP contribution in [-0.2, 0) is 12.8 Å². The summed E-state index contributed by atoms with van der Waals surface area (Å²) in [6.07, 6.45) is 2.07. The van der Waals surface area contributed by atoms with Crippen molar-refractivity contribution in [2.24, 2.45) is 0 Å². The molecular weight excluding hydrogens is 506 g/mol. The van der Waals surface area contributed by atoms with Crippen LogP contribution in [0.2, 0.25) is 0 Å². The molecule has 0 aliphatic rings. The van der Waals surface area contributed by atoms with E-state index in [4.69, 9.17) is 5.10 Å². The first-order valence-corrected chi connectivity index (χ1v) is 14.8. The summed E-state index contributed by atoms with van der Waals surface area (Å²) in [6, 6.07) is 37.6. The first-order valence-electron chi connectivity index (χ1n) is 14.0. The second-order valence-electron chi connectivity index (χ2n) is 10.5. The lowest BCUT2D eigenvalue weighted by Gasteiger charge is -2.10. The van der Waals surface area contributed by atoms with Crippen molar-refractivity contribution in [3.63, 3.8) is 0 Å². The van der Waals surface area contributed by atoms with Crippen molar-refractivity contribution >= 4 is 58.8 Å². The zero-order valence-corrected chi connectivity index (χ0v) is 23.3. The maximum absolute atomic E-state index is 4.71. The number of pyridine rings is 1. The smallest absolute Gasteiger partial charge is 0.169 e. The third-order valence-corrected chi connectivity index (χ3v) is 9.45. The van der Waals surface area contributed by atoms with Gasteiger partial charge in [-0.1, -0.05) is 86.6 Å². The summed E-state index contributed by atoms with van der Waals surface area (Å²) in [4.78, 5) is 0. The molecule has 0 saturated carbocycles. The van der Waals surface area contributed by atoms with Gasteiger partial charge in [0.05, 0.1) is 5.52 Å². The minimum atomic E-state index is 0.866. The van der Waals surface area contributed by atoms with Crippen molar-refractivity contribution < 1.29 is 0 Å². The fourth-order valence-electron chi connectivity index (χ4n) is 6.11. The van der Waals surface area contributed by atoms with Gasteiger partial charge in [0.2, 0.25) is 0 Å². The number of hydrogen-bond donors (Lipinski definition) is 0. The maximum Gasteiger partial charge on any atom is 0.169 e. The Morgan fingerprint density at radius 2 is 1.30 bits per heavy atom. The molecule has 0 unspecified atom stereocenters. The third-order valence-electron chi connectivity index (χ3n) is 8.23. The maximum atomic E-state index is 4.71. The van der Waals surface area contributed by atoms with E-state index in [1.165, 1.54) is 53.2 Å². The summed E-state index contributed by atoms with van der Waals surface area (Å²) in [6.45, 7) is 4.47. The van der Waals surface area contributed by atoms with E-state index in [1.807, 2.05) is 11.3 Å². The number of para-hydroxylation sites is 1. The van der Waals surface area contributed by atoms with E-state index in [9.17, 15) is 0 Å². The van der Waals surface area contributed by atoms with E-state index in [0.717, 1.165) is 40.8 Å². The van der Waals surface area contributed by atoms with Crippen LogP contribution in [0, 0.1) is 0 Å². The molecule has 0 bridgehead atoms. The minimum absolute atomic E-state index is 0.866. The number of hydrogen-bond acceptors (Lipinski definition) is 3. The number of aryl methyl sites for hydroxylation is 2. The quantitative estimate of drug-likeness (QED) is 0.211. The van der Waals surface area contributed by atoms with Crippen LogP contribution < -0.4 is 0 Å². The molecule has 0 aliphatic carbocycles. The molecule has 0 fully saturated rings. The Morgan fingerprint density at radius 1 is 0.600 bits per heavy atom. The average Bonchev–Trinajstić information content (AvgIpc) is 3.63. The zero-order chi connectivity index (χ0) is 26.8. The van der Waals surface area contributed by atoms with Gasteiger partial charge in [0.25, 0.3) is 0 Å². The summed E-state index contributed by atoms with van der Waals surface area (Å²) >= 11 is 1.90. The van der Waals surface area contributed by atoms with Crippen molar-refractivity contribution in [3.8, 4) is 22.5 Å². The van der Waals surface area contributed by atoms with Crippen LogP contribution in [0.25, 0.3) is 70.0 Å². The standard InChI is InChI=1S/C36H27N3S/c1-3-22-13-18-33-30(19-22)31-21-23(4-2)20-29(34(31)40-33)24-14-16-25(17-15-24)35-37-38-36-28-11-6-5-9-26(28)27-10-7-8-12-32(27)39(35)36/h5-21H,3-4H2,1-2H3. The van der Waals surface area contributed by atoms with Crippen LogP contribution in [-0.4, -0.2) is 14.6 Å². The van der Waals surface area contributed by atoms with E-state index >= 15 is 0 Å². The van der Waals surface area contributed by atoms with Gasteiger partial charge in [0, 0.05) is 36.5 Å². The molecule has 192 valence electrons. The van der Waals surface area contributed by atoms with Gasteiger partial charge in [-0.25, -0.2) is 0 Å². The number of fused-ring (bicyclic) bond motifs is 9. The zero-order valence-electron chi connectivity index (χ0n) is 22.5. The second kappa shape index (κ2) is 9.00. The van der Waals surface area contributed by atoms with Crippen molar-refractivity contribution in [1.29, 1.82) is 0 Å². The fraction of sp³-hybridized carbons (Fsp3) is 0.111. The first kappa shape index (κ1) is 23.4. The number of thiophene rings is 1. The number of nitrogens with zero attached hydrogens (tertiary/aromatic N) is 3. The highest BCUT2D eigenvalue weighted by atomic mass is 32.1. The predicted molar refractivity (Wildman–Crippen MR) is 171 cm³/mol. The summed E-state index contributed by atoms with van der Waals surface area (Å²) < 4.78 is 4.92. The first-order chi connectivity index (χ1) is 19.7. The Kier molecular flexibility index (Phi) is 5.26. The highest BCUT2D eigenvalue weighted by Crippen LogP contribution is 2.42. The lowest BCUT2D eigenvalue weighted by atomic mass is 9.97. The van der Waals surface area contributed by atoms with Gasteiger partial charge in [-0.15, -0.1) is 21.5 Å². The molecule has 8 aromatic rings. The third kappa shape index (κ3) is 3.42. The number of aromatic nitrogens is 3. The molecule has 0 saturated heterocycles. The van der Waals surface area contributed by atoms with E-state index in [0.29, 0.717) is 0 Å². The van der Waals surface area contributed by atoms with Gasteiger partial charge in [-0.2, -0.15) is 0 Å². The van der Waals surface area contributed by atoms with Crippen LogP contribution >= 0.6 is 11.3 Å². The van der Waals surface area contributed by atoms with Crippen LogP contribution in [0.15, 0.2) is 103 Å². The Labute approximate surface area is 236 Å². The number of benzene rings is 5. The molecule has 3 aromatic heterocycles. The molecule has 3 nitrogen and oxygen atoms in total. The van der Waals surface area contributed by atoms with E-state index in [2.05, 4.69) is 126 Å². The van der Waals surface area contributed by atoms with Crippen LogP contribution in [0.1, 0.15) is 25.0 Å². The minimum Gasteiger partial charge on any atom is -0.274 e. The average molecular weight is 534 g/mol. The molecule has 40 heavy (non-hydrogen) atoms. The monoisotopic (exact) mass is 533 g/mol. The van der Waals surface area contributed by atoms with Crippen LogP contribution in [0.5, 0.6) is 0 Å². The van der Waals surface area contributed by atoms with Crippen LogP contribution in [0.3, 0.4) is 0 Å². The summed E-state index contributed by atoms with van der Waals surface area (Å²) in [5, 5.41) is 15.6. The predicted octanol–water partition coefficient (Wildman–Crippen LogP) is 9.86. The Bertz CT molecular complexity index is 2240. The molecule has 0 N–H and O–H groups in total. The molecule has 4 heteroatoms. The molecular formula is C36H27N3S. The SMILES string of the molecule is CCc1ccc2sc3c(-c4ccc(-c5nnc6c7ccccc7c7ccccc7n56)cc4)cc(CC)cc3c2c1. The summed E-state index contributed by atoms with van der Waals surface area (Å²) in [7, 11) is 0. The van der Waals surface area contributed by atoms with Gasteiger partial charge < -0.3 is 0 Å². The molecule has 0 spiro atoms. The van der Waals surface area contributed by atoms with Crippen molar-refractivity contribution in [2.45, 2.75) is 26.7 Å². The summed E-state index contributed by atoms with van der Waals surface area (Å²) in [5.74, 6) is 0.866. The molecule has 0 amide bonds. The van der Waals surface area contributed by atoms with Gasteiger partial charge in [-0.3, -0.25) is 4.40 Å². The summed E-state index contributed by atoms with van der Waals surface area (Å²) in [5.41, 5.74) is 8.37. The highest BCUT2D eigenvalue weighted by Gasteiger charge is 2.17. The van der Waals surface area contributed by atoms with E-state index in [-0.39, 0.29) is 0 Å². The second-order valence-corrected chi connectivity index (χ2v) is 11.5. The molecule has 3 heterocycles. The number of rotatable bonds is 4. The van der Waals surface area contributed by atoms with Gasteiger partial charge >= 0.3 is 0 Å². The molecule has 5 aromatic carbocycles. The molecule has 8 rings (SSSR count). The van der Waals surface area contributed by atoms with E-state index in [1.54, 1.807) is 0 Å². The Morgan fingerprint density at radius 3 is 2.10 bits per heavy atom. The Hall–Kier alpha value is -4.54. The molecule has 0 aliphatic heterocycles. The molecule has 0 radical (unpaired) electrons. The van der Waals surface area contributed by atoms with Crippen molar-refractivity contribution in [3.05, 3.63) is 114 Å². The van der Waals surface area contributed by atoms with E-state index < -0.39 is 0 Å². The van der Waals surface area contributed by atoms with Gasteiger partial charge in [0.1, 0.15) is 0 Å². The van der Waals surface area contributed by atoms with Crippen molar-refractivity contribution in [2.75, 3.05) is 0 Å². The van der Waals surface area contributed by atoms with Crippen LogP contribution in [0.4, 0.5) is 0 Å². The fourth-order valence-corrected chi connectivity index (χ4v) is 7.31. The van der Waals surface area contributed by atoms with Gasteiger partial charge in [0.15, 0.2) is 11.5 Å². The largest absolute Gasteiger partial charge is 0.274 e.